The lowest BCUT2D eigenvalue weighted by Gasteiger charge is -2.35. The second kappa shape index (κ2) is 5.79. The summed E-state index contributed by atoms with van der Waals surface area (Å²) in [7, 11) is 0. The highest BCUT2D eigenvalue weighted by Crippen LogP contribution is 2.12. The molecule has 21 heavy (non-hydrogen) atoms. The van der Waals surface area contributed by atoms with Crippen molar-refractivity contribution in [3.05, 3.63) is 24.0 Å². The van der Waals surface area contributed by atoms with Crippen molar-refractivity contribution in [1.82, 2.24) is 14.4 Å². The number of amides is 2. The van der Waals surface area contributed by atoms with Crippen molar-refractivity contribution in [2.24, 2.45) is 0 Å². The van der Waals surface area contributed by atoms with Gasteiger partial charge in [-0.2, -0.15) is 0 Å². The third-order valence-electron chi connectivity index (χ3n) is 3.26. The summed E-state index contributed by atoms with van der Waals surface area (Å²) in [6.45, 7) is 9.54. The number of aryl methyl sites for hydroxylation is 1. The molecule has 116 valence electrons. The predicted molar refractivity (Wildman–Crippen MR) is 79.3 cm³/mol. The maximum Gasteiger partial charge on any atom is 0.410 e. The third-order valence-corrected chi connectivity index (χ3v) is 3.26. The molecular formula is C15H23N3O3. The van der Waals surface area contributed by atoms with Crippen LogP contribution in [0.4, 0.5) is 9.59 Å². The Kier molecular flexibility index (Phi) is 4.25. The second-order valence-electron chi connectivity index (χ2n) is 6.33. The minimum Gasteiger partial charge on any atom is -0.444 e. The molecule has 0 spiro atoms. The van der Waals surface area contributed by atoms with E-state index in [2.05, 4.69) is 0 Å². The Bertz CT molecular complexity index is 523. The molecule has 0 bridgehead atoms. The van der Waals surface area contributed by atoms with Gasteiger partial charge in [-0.05, 0) is 39.3 Å². The molecule has 0 saturated carbocycles. The zero-order chi connectivity index (χ0) is 15.6. The molecule has 2 rings (SSSR count). The van der Waals surface area contributed by atoms with Crippen molar-refractivity contribution < 1.29 is 14.3 Å². The van der Waals surface area contributed by atoms with Crippen LogP contribution in [0.15, 0.2) is 18.5 Å². The zero-order valence-corrected chi connectivity index (χ0v) is 13.1. The van der Waals surface area contributed by atoms with Crippen LogP contribution in [0.2, 0.25) is 0 Å². The summed E-state index contributed by atoms with van der Waals surface area (Å²) in [5.41, 5.74) is 0.558. The van der Waals surface area contributed by atoms with Gasteiger partial charge in [0, 0.05) is 38.6 Å². The van der Waals surface area contributed by atoms with E-state index in [-0.39, 0.29) is 12.1 Å². The molecule has 1 aromatic rings. The summed E-state index contributed by atoms with van der Waals surface area (Å²) in [6.07, 6.45) is 3.26. The Morgan fingerprint density at radius 3 is 2.14 bits per heavy atom. The average Bonchev–Trinajstić information content (AvgIpc) is 2.83. The van der Waals surface area contributed by atoms with Crippen LogP contribution < -0.4 is 0 Å². The second-order valence-corrected chi connectivity index (χ2v) is 6.33. The lowest BCUT2D eigenvalue weighted by molar-refractivity contribution is 0.0170. The van der Waals surface area contributed by atoms with Gasteiger partial charge in [0.25, 0.3) is 0 Å². The fraction of sp³-hybridized carbons (Fsp3) is 0.600. The van der Waals surface area contributed by atoms with E-state index in [0.717, 1.165) is 5.56 Å². The fourth-order valence-electron chi connectivity index (χ4n) is 2.19. The molecule has 1 aliphatic rings. The SMILES string of the molecule is Cc1ccn(C(=O)N2CCN(C(=O)OC(C)(C)C)CC2)c1. The van der Waals surface area contributed by atoms with Gasteiger partial charge < -0.3 is 14.5 Å². The lowest BCUT2D eigenvalue weighted by Crippen LogP contribution is -2.52. The number of nitrogens with zero attached hydrogens (tertiary/aromatic N) is 3. The number of hydrogen-bond donors (Lipinski definition) is 0. The molecule has 0 unspecified atom stereocenters. The highest BCUT2D eigenvalue weighted by atomic mass is 16.6. The Balaban J connectivity index is 1.88. The van der Waals surface area contributed by atoms with Gasteiger partial charge in [-0.15, -0.1) is 0 Å². The van der Waals surface area contributed by atoms with Crippen LogP contribution in [0.5, 0.6) is 0 Å². The number of ether oxygens (including phenoxy) is 1. The fourth-order valence-corrected chi connectivity index (χ4v) is 2.19. The van der Waals surface area contributed by atoms with Crippen LogP contribution >= 0.6 is 0 Å². The lowest BCUT2D eigenvalue weighted by atomic mass is 10.2. The Labute approximate surface area is 125 Å². The summed E-state index contributed by atoms with van der Waals surface area (Å²) in [4.78, 5) is 27.6. The van der Waals surface area contributed by atoms with Crippen molar-refractivity contribution in [1.29, 1.82) is 0 Å². The maximum atomic E-state index is 12.3. The van der Waals surface area contributed by atoms with Crippen molar-refractivity contribution >= 4 is 12.1 Å². The van der Waals surface area contributed by atoms with Gasteiger partial charge >= 0.3 is 12.1 Å². The van der Waals surface area contributed by atoms with Crippen molar-refractivity contribution in [3.63, 3.8) is 0 Å². The summed E-state index contributed by atoms with van der Waals surface area (Å²) >= 11 is 0. The minimum atomic E-state index is -0.493. The van der Waals surface area contributed by atoms with Gasteiger partial charge in [0.15, 0.2) is 0 Å². The standard InChI is InChI=1S/C15H23N3O3/c1-12-5-6-18(11-12)13(19)16-7-9-17(10-8-16)14(20)21-15(2,3)4/h5-6,11H,7-10H2,1-4H3. The molecule has 0 aliphatic carbocycles. The highest BCUT2D eigenvalue weighted by Gasteiger charge is 2.27. The number of aromatic nitrogens is 1. The predicted octanol–water partition coefficient (Wildman–Crippen LogP) is 2.32. The molecule has 1 saturated heterocycles. The summed E-state index contributed by atoms with van der Waals surface area (Å²) < 4.78 is 6.92. The third kappa shape index (κ3) is 4.00. The molecule has 0 aromatic carbocycles. The van der Waals surface area contributed by atoms with Gasteiger partial charge in [-0.3, -0.25) is 4.57 Å². The molecule has 1 aromatic heterocycles. The number of hydrogen-bond acceptors (Lipinski definition) is 3. The molecular weight excluding hydrogens is 270 g/mol. The average molecular weight is 293 g/mol. The molecule has 0 radical (unpaired) electrons. The van der Waals surface area contributed by atoms with Crippen molar-refractivity contribution in [2.75, 3.05) is 26.2 Å². The quantitative estimate of drug-likeness (QED) is 0.737. The van der Waals surface area contributed by atoms with E-state index in [0.29, 0.717) is 26.2 Å². The van der Waals surface area contributed by atoms with Crippen LogP contribution in [0.3, 0.4) is 0 Å². The van der Waals surface area contributed by atoms with E-state index in [1.165, 1.54) is 0 Å². The van der Waals surface area contributed by atoms with Gasteiger partial charge in [0.2, 0.25) is 0 Å². The number of piperazine rings is 1. The van der Waals surface area contributed by atoms with Gasteiger partial charge in [0.1, 0.15) is 5.60 Å². The van der Waals surface area contributed by atoms with Gasteiger partial charge in [0.05, 0.1) is 0 Å². The van der Waals surface area contributed by atoms with E-state index in [4.69, 9.17) is 4.74 Å². The minimum absolute atomic E-state index is 0.0491. The largest absolute Gasteiger partial charge is 0.444 e. The normalized spacial score (nSPS) is 16.0. The monoisotopic (exact) mass is 293 g/mol. The van der Waals surface area contributed by atoms with Crippen LogP contribution in [0.1, 0.15) is 26.3 Å². The molecule has 0 atom stereocenters. The molecule has 2 amide bonds. The molecule has 1 fully saturated rings. The first-order valence-electron chi connectivity index (χ1n) is 7.18. The Morgan fingerprint density at radius 1 is 1.10 bits per heavy atom. The number of rotatable bonds is 0. The summed E-state index contributed by atoms with van der Waals surface area (Å²) in [5.74, 6) is 0. The molecule has 2 heterocycles. The van der Waals surface area contributed by atoms with Gasteiger partial charge in [-0.1, -0.05) is 0 Å². The van der Waals surface area contributed by atoms with Crippen LogP contribution in [-0.4, -0.2) is 58.3 Å². The Hall–Kier alpha value is -1.98. The van der Waals surface area contributed by atoms with Crippen molar-refractivity contribution in [2.45, 2.75) is 33.3 Å². The van der Waals surface area contributed by atoms with E-state index >= 15 is 0 Å². The molecule has 1 aliphatic heterocycles. The highest BCUT2D eigenvalue weighted by molar-refractivity contribution is 5.77. The smallest absolute Gasteiger partial charge is 0.410 e. The molecule has 6 heteroatoms. The molecule has 0 N–H and O–H groups in total. The van der Waals surface area contributed by atoms with Crippen LogP contribution in [0, 0.1) is 6.92 Å². The first kappa shape index (κ1) is 15.4. The van der Waals surface area contributed by atoms with Gasteiger partial charge in [-0.25, -0.2) is 9.59 Å². The van der Waals surface area contributed by atoms with E-state index in [1.54, 1.807) is 20.6 Å². The van der Waals surface area contributed by atoms with Crippen LogP contribution in [0.25, 0.3) is 0 Å². The summed E-state index contributed by atoms with van der Waals surface area (Å²) in [5, 5.41) is 0. The summed E-state index contributed by atoms with van der Waals surface area (Å²) in [6, 6.07) is 1.85. The zero-order valence-electron chi connectivity index (χ0n) is 13.1. The van der Waals surface area contributed by atoms with E-state index < -0.39 is 5.60 Å². The van der Waals surface area contributed by atoms with Crippen LogP contribution in [-0.2, 0) is 4.74 Å². The van der Waals surface area contributed by atoms with Crippen molar-refractivity contribution in [3.8, 4) is 0 Å². The first-order valence-corrected chi connectivity index (χ1v) is 7.18. The number of carbonyl (C=O) groups excluding carboxylic acids is 2. The Morgan fingerprint density at radius 2 is 1.67 bits per heavy atom. The first-order chi connectivity index (χ1) is 9.76. The van der Waals surface area contributed by atoms with E-state index in [1.807, 2.05) is 40.0 Å². The molecule has 6 nitrogen and oxygen atoms in total. The topological polar surface area (TPSA) is 54.8 Å². The van der Waals surface area contributed by atoms with E-state index in [9.17, 15) is 9.59 Å². The number of carbonyl (C=O) groups is 2. The maximum absolute atomic E-state index is 12.3.